The molecule has 0 bridgehead atoms. The highest BCUT2D eigenvalue weighted by molar-refractivity contribution is 5.69. The van der Waals surface area contributed by atoms with Crippen LogP contribution in [0.25, 0.3) is 0 Å². The smallest absolute Gasteiger partial charge is 0.306 e. The number of carbonyl (C=O) groups excluding carboxylic acids is 1. The Morgan fingerprint density at radius 2 is 2.44 bits per heavy atom. The molecule has 0 aromatic carbocycles. The lowest BCUT2D eigenvalue weighted by molar-refractivity contribution is -0.143. The van der Waals surface area contributed by atoms with E-state index >= 15 is 0 Å². The molecule has 1 atom stereocenters. The molecule has 1 rings (SSSR count). The molecule has 0 amide bonds. The van der Waals surface area contributed by atoms with Gasteiger partial charge < -0.3 is 4.74 Å². The van der Waals surface area contributed by atoms with Crippen molar-refractivity contribution in [3.63, 3.8) is 0 Å². The monoisotopic (exact) mass is 128 g/mol. The van der Waals surface area contributed by atoms with Gasteiger partial charge in [0.15, 0.2) is 0 Å². The molecule has 9 heavy (non-hydrogen) atoms. The van der Waals surface area contributed by atoms with Crippen molar-refractivity contribution in [2.45, 2.75) is 26.2 Å². The largest absolute Gasteiger partial charge is 0.466 e. The van der Waals surface area contributed by atoms with Gasteiger partial charge in [0.05, 0.1) is 6.61 Å². The fourth-order valence-corrected chi connectivity index (χ4v) is 1.06. The van der Waals surface area contributed by atoms with Crippen molar-refractivity contribution in [2.24, 2.45) is 5.92 Å². The third-order valence-electron chi connectivity index (χ3n) is 1.62. The van der Waals surface area contributed by atoms with Gasteiger partial charge >= 0.3 is 5.97 Å². The zero-order chi connectivity index (χ0) is 6.69. The Morgan fingerprint density at radius 1 is 1.67 bits per heavy atom. The van der Waals surface area contributed by atoms with E-state index in [-0.39, 0.29) is 5.97 Å². The van der Waals surface area contributed by atoms with Crippen molar-refractivity contribution in [2.75, 3.05) is 6.61 Å². The van der Waals surface area contributed by atoms with Crippen LogP contribution in [-0.2, 0) is 9.53 Å². The van der Waals surface area contributed by atoms with Gasteiger partial charge in [0.25, 0.3) is 0 Å². The lowest BCUT2D eigenvalue weighted by Gasteiger charge is -2.00. The standard InChI is InChI=1S/C7H12O2/c1-6-3-2-4-9-7(8)5-6/h6H,2-5H2,1H3/t6-/m1/s1. The highest BCUT2D eigenvalue weighted by atomic mass is 16.5. The van der Waals surface area contributed by atoms with E-state index in [1.54, 1.807) is 0 Å². The minimum Gasteiger partial charge on any atom is -0.466 e. The van der Waals surface area contributed by atoms with Crippen LogP contribution in [0.15, 0.2) is 0 Å². The van der Waals surface area contributed by atoms with Crippen molar-refractivity contribution in [1.29, 1.82) is 0 Å². The van der Waals surface area contributed by atoms with E-state index in [2.05, 4.69) is 6.92 Å². The predicted molar refractivity (Wildman–Crippen MR) is 34.0 cm³/mol. The first kappa shape index (κ1) is 6.59. The quantitative estimate of drug-likeness (QED) is 0.460. The Balaban J connectivity index is 2.37. The van der Waals surface area contributed by atoms with E-state index in [0.29, 0.717) is 18.9 Å². The molecule has 2 heteroatoms. The Hall–Kier alpha value is -0.530. The van der Waals surface area contributed by atoms with Gasteiger partial charge in [0.2, 0.25) is 0 Å². The van der Waals surface area contributed by atoms with Gasteiger partial charge in [-0.15, -0.1) is 0 Å². The molecule has 0 aromatic heterocycles. The second kappa shape index (κ2) is 2.85. The second-order valence-electron chi connectivity index (χ2n) is 2.67. The third kappa shape index (κ3) is 2.04. The molecule has 1 saturated heterocycles. The van der Waals surface area contributed by atoms with Crippen molar-refractivity contribution < 1.29 is 9.53 Å². The fraction of sp³-hybridized carbons (Fsp3) is 0.857. The minimum atomic E-state index is -0.0278. The molecule has 0 N–H and O–H groups in total. The Labute approximate surface area is 55.2 Å². The highest BCUT2D eigenvalue weighted by Crippen LogP contribution is 2.14. The normalized spacial score (nSPS) is 29.0. The van der Waals surface area contributed by atoms with Gasteiger partial charge in [-0.05, 0) is 18.8 Å². The molecule has 52 valence electrons. The molecule has 0 radical (unpaired) electrons. The number of esters is 1. The number of carbonyl (C=O) groups is 1. The van der Waals surface area contributed by atoms with Gasteiger partial charge in [-0.2, -0.15) is 0 Å². The number of hydrogen-bond donors (Lipinski definition) is 0. The van der Waals surface area contributed by atoms with E-state index in [4.69, 9.17) is 4.74 Å². The maximum absolute atomic E-state index is 10.7. The second-order valence-corrected chi connectivity index (χ2v) is 2.67. The molecule has 1 aliphatic rings. The predicted octanol–water partition coefficient (Wildman–Crippen LogP) is 1.35. The molecular weight excluding hydrogens is 116 g/mol. The van der Waals surface area contributed by atoms with Crippen molar-refractivity contribution in [3.8, 4) is 0 Å². The minimum absolute atomic E-state index is 0.0278. The van der Waals surface area contributed by atoms with Crippen molar-refractivity contribution in [3.05, 3.63) is 0 Å². The summed E-state index contributed by atoms with van der Waals surface area (Å²) in [7, 11) is 0. The van der Waals surface area contributed by atoms with Gasteiger partial charge in [0, 0.05) is 6.42 Å². The van der Waals surface area contributed by atoms with Crippen molar-refractivity contribution >= 4 is 5.97 Å². The van der Waals surface area contributed by atoms with Crippen LogP contribution in [0, 0.1) is 5.92 Å². The molecule has 0 aromatic rings. The maximum atomic E-state index is 10.7. The molecule has 0 saturated carbocycles. The van der Waals surface area contributed by atoms with Crippen LogP contribution in [0.2, 0.25) is 0 Å². The molecule has 1 heterocycles. The first-order valence-corrected chi connectivity index (χ1v) is 3.44. The first-order chi connectivity index (χ1) is 4.29. The summed E-state index contributed by atoms with van der Waals surface area (Å²) >= 11 is 0. The van der Waals surface area contributed by atoms with E-state index in [0.717, 1.165) is 12.8 Å². The molecule has 0 aliphatic carbocycles. The van der Waals surface area contributed by atoms with Crippen LogP contribution in [0.5, 0.6) is 0 Å². The van der Waals surface area contributed by atoms with E-state index in [1.165, 1.54) is 0 Å². The molecule has 0 unspecified atom stereocenters. The molecule has 0 spiro atoms. The van der Waals surface area contributed by atoms with E-state index in [9.17, 15) is 4.79 Å². The van der Waals surface area contributed by atoms with Crippen LogP contribution >= 0.6 is 0 Å². The SMILES string of the molecule is C[C@@H]1CCCOC(=O)C1. The summed E-state index contributed by atoms with van der Waals surface area (Å²) in [4.78, 5) is 10.7. The molecule has 1 fully saturated rings. The van der Waals surface area contributed by atoms with Crippen LogP contribution < -0.4 is 0 Å². The van der Waals surface area contributed by atoms with E-state index < -0.39 is 0 Å². The molecule has 1 aliphatic heterocycles. The highest BCUT2D eigenvalue weighted by Gasteiger charge is 2.13. The Kier molecular flexibility index (Phi) is 2.09. The zero-order valence-electron chi connectivity index (χ0n) is 5.72. The van der Waals surface area contributed by atoms with Crippen LogP contribution in [0.3, 0.4) is 0 Å². The summed E-state index contributed by atoms with van der Waals surface area (Å²) in [6.07, 6.45) is 2.78. The van der Waals surface area contributed by atoms with Gasteiger partial charge in [-0.3, -0.25) is 4.79 Å². The summed E-state index contributed by atoms with van der Waals surface area (Å²) < 4.78 is 4.83. The lowest BCUT2D eigenvalue weighted by atomic mass is 10.0. The Bertz CT molecular complexity index is 109. The summed E-state index contributed by atoms with van der Waals surface area (Å²) in [5.74, 6) is 0.500. The number of ether oxygens (including phenoxy) is 1. The summed E-state index contributed by atoms with van der Waals surface area (Å²) in [6.45, 7) is 2.72. The van der Waals surface area contributed by atoms with Gasteiger partial charge in [-0.25, -0.2) is 0 Å². The average Bonchev–Trinajstić information content (AvgIpc) is 1.93. The van der Waals surface area contributed by atoms with E-state index in [1.807, 2.05) is 0 Å². The number of rotatable bonds is 0. The van der Waals surface area contributed by atoms with Crippen LogP contribution in [-0.4, -0.2) is 12.6 Å². The van der Waals surface area contributed by atoms with Crippen LogP contribution in [0.1, 0.15) is 26.2 Å². The molecular formula is C7H12O2. The van der Waals surface area contributed by atoms with Crippen molar-refractivity contribution in [1.82, 2.24) is 0 Å². The maximum Gasteiger partial charge on any atom is 0.306 e. The topological polar surface area (TPSA) is 26.3 Å². The Morgan fingerprint density at radius 3 is 3.22 bits per heavy atom. The molecule has 2 nitrogen and oxygen atoms in total. The van der Waals surface area contributed by atoms with Gasteiger partial charge in [0.1, 0.15) is 0 Å². The lowest BCUT2D eigenvalue weighted by Crippen LogP contribution is -2.03. The summed E-state index contributed by atoms with van der Waals surface area (Å²) in [5, 5.41) is 0. The first-order valence-electron chi connectivity index (χ1n) is 3.44. The van der Waals surface area contributed by atoms with Gasteiger partial charge in [-0.1, -0.05) is 6.92 Å². The average molecular weight is 128 g/mol. The summed E-state index contributed by atoms with van der Waals surface area (Å²) in [5.41, 5.74) is 0. The third-order valence-corrected chi connectivity index (χ3v) is 1.62. The van der Waals surface area contributed by atoms with Crippen LogP contribution in [0.4, 0.5) is 0 Å². The number of hydrogen-bond acceptors (Lipinski definition) is 2. The fourth-order valence-electron chi connectivity index (χ4n) is 1.06. The number of cyclic esters (lactones) is 1. The zero-order valence-corrected chi connectivity index (χ0v) is 5.72. The summed E-state index contributed by atoms with van der Waals surface area (Å²) in [6, 6.07) is 0.